The monoisotopic (exact) mass is 350 g/mol. The molecule has 0 aromatic heterocycles. The maximum atomic E-state index is 12.5. The van der Waals surface area contributed by atoms with Crippen LogP contribution in [0.15, 0.2) is 40.9 Å². The van der Waals surface area contributed by atoms with Crippen LogP contribution in [0.4, 0.5) is 0 Å². The molecule has 0 unspecified atom stereocenters. The van der Waals surface area contributed by atoms with Crippen LogP contribution in [0.5, 0.6) is 5.75 Å². The van der Waals surface area contributed by atoms with E-state index in [-0.39, 0.29) is 5.78 Å². The molecule has 0 atom stereocenters. The van der Waals surface area contributed by atoms with Gasteiger partial charge in [-0.05, 0) is 54.8 Å². The van der Waals surface area contributed by atoms with Crippen LogP contribution in [0.2, 0.25) is 5.02 Å². The Bertz CT molecular complexity index is 682. The molecule has 0 fully saturated rings. The first-order valence-electron chi connectivity index (χ1n) is 6.40. The maximum absolute atomic E-state index is 12.5. The zero-order chi connectivity index (χ0) is 14.1. The van der Waals surface area contributed by atoms with E-state index in [2.05, 4.69) is 15.9 Å². The minimum absolute atomic E-state index is 0.0594. The van der Waals surface area contributed by atoms with E-state index in [9.17, 15) is 4.79 Å². The molecule has 4 heteroatoms. The number of hydrogen-bond acceptors (Lipinski definition) is 2. The molecular formula is C16H12BrClO2. The summed E-state index contributed by atoms with van der Waals surface area (Å²) in [6, 6.07) is 10.9. The number of benzene rings is 2. The Morgan fingerprint density at radius 2 is 2.05 bits per heavy atom. The van der Waals surface area contributed by atoms with Gasteiger partial charge in [0.05, 0.1) is 11.6 Å². The molecule has 102 valence electrons. The van der Waals surface area contributed by atoms with Crippen molar-refractivity contribution in [3.8, 4) is 5.75 Å². The van der Waals surface area contributed by atoms with Gasteiger partial charge in [-0.15, -0.1) is 0 Å². The fourth-order valence-corrected chi connectivity index (χ4v) is 3.09. The van der Waals surface area contributed by atoms with E-state index in [0.29, 0.717) is 16.1 Å². The molecule has 1 aliphatic rings. The molecule has 20 heavy (non-hydrogen) atoms. The van der Waals surface area contributed by atoms with Gasteiger partial charge in [0, 0.05) is 15.6 Å². The average Bonchev–Trinajstić information content (AvgIpc) is 2.46. The zero-order valence-corrected chi connectivity index (χ0v) is 13.0. The topological polar surface area (TPSA) is 26.3 Å². The Morgan fingerprint density at radius 1 is 1.20 bits per heavy atom. The van der Waals surface area contributed by atoms with Crippen molar-refractivity contribution in [3.05, 3.63) is 62.6 Å². The number of rotatable bonds is 2. The van der Waals surface area contributed by atoms with Crippen molar-refractivity contribution in [2.24, 2.45) is 0 Å². The summed E-state index contributed by atoms with van der Waals surface area (Å²) < 4.78 is 6.42. The fourth-order valence-electron chi connectivity index (χ4n) is 2.33. The highest BCUT2D eigenvalue weighted by Crippen LogP contribution is 2.28. The quantitative estimate of drug-likeness (QED) is 0.736. The van der Waals surface area contributed by atoms with Gasteiger partial charge >= 0.3 is 0 Å². The molecular weight excluding hydrogens is 340 g/mol. The van der Waals surface area contributed by atoms with E-state index >= 15 is 0 Å². The van der Waals surface area contributed by atoms with Crippen molar-refractivity contribution >= 4 is 33.3 Å². The lowest BCUT2D eigenvalue weighted by Crippen LogP contribution is -2.10. The minimum atomic E-state index is -0.0594. The molecule has 2 aromatic carbocycles. The van der Waals surface area contributed by atoms with Crippen molar-refractivity contribution in [2.75, 3.05) is 6.61 Å². The molecule has 1 heterocycles. The van der Waals surface area contributed by atoms with Gasteiger partial charge in [0.1, 0.15) is 5.75 Å². The Kier molecular flexibility index (Phi) is 3.81. The van der Waals surface area contributed by atoms with Gasteiger partial charge in [0.25, 0.3) is 0 Å². The second-order valence-corrected chi connectivity index (χ2v) is 6.05. The molecule has 0 N–H and O–H groups in total. The van der Waals surface area contributed by atoms with E-state index in [4.69, 9.17) is 16.3 Å². The fraction of sp³-hybridized carbons (Fsp3) is 0.188. The molecule has 0 saturated carbocycles. The lowest BCUT2D eigenvalue weighted by molar-refractivity contribution is 0.103. The Hall–Kier alpha value is -1.32. The number of carbonyl (C=O) groups is 1. The summed E-state index contributed by atoms with van der Waals surface area (Å²) in [6.45, 7) is 0.749. The Morgan fingerprint density at radius 3 is 2.85 bits per heavy atom. The van der Waals surface area contributed by atoms with E-state index < -0.39 is 0 Å². The Balaban J connectivity index is 1.98. The largest absolute Gasteiger partial charge is 0.493 e. The highest BCUT2D eigenvalue weighted by molar-refractivity contribution is 9.10. The number of aryl methyl sites for hydroxylation is 1. The van der Waals surface area contributed by atoms with Crippen LogP contribution in [0.3, 0.4) is 0 Å². The number of hydrogen-bond donors (Lipinski definition) is 0. The SMILES string of the molecule is O=C(c1ccc2c(c1)CCCO2)c1ccc(Br)cc1Cl. The predicted molar refractivity (Wildman–Crippen MR) is 82.8 cm³/mol. The molecule has 0 saturated heterocycles. The van der Waals surface area contributed by atoms with Gasteiger partial charge in [-0.25, -0.2) is 0 Å². The Labute approximate surface area is 130 Å². The summed E-state index contributed by atoms with van der Waals surface area (Å²) in [7, 11) is 0. The van der Waals surface area contributed by atoms with Crippen LogP contribution in [0.1, 0.15) is 27.9 Å². The van der Waals surface area contributed by atoms with Crippen molar-refractivity contribution in [1.82, 2.24) is 0 Å². The third-order valence-corrected chi connectivity index (χ3v) is 4.15. The highest BCUT2D eigenvalue weighted by atomic mass is 79.9. The normalized spacial score (nSPS) is 13.5. The number of ketones is 1. The summed E-state index contributed by atoms with van der Waals surface area (Å²) in [5.74, 6) is 0.825. The van der Waals surface area contributed by atoms with Gasteiger partial charge in [-0.3, -0.25) is 4.79 Å². The van der Waals surface area contributed by atoms with Crippen molar-refractivity contribution < 1.29 is 9.53 Å². The molecule has 1 aliphatic heterocycles. The second kappa shape index (κ2) is 5.58. The van der Waals surface area contributed by atoms with E-state index in [1.54, 1.807) is 18.2 Å². The first-order chi connectivity index (χ1) is 9.65. The molecule has 0 spiro atoms. The smallest absolute Gasteiger partial charge is 0.194 e. The number of halogens is 2. The van der Waals surface area contributed by atoms with E-state index in [1.165, 1.54) is 0 Å². The minimum Gasteiger partial charge on any atom is -0.493 e. The van der Waals surface area contributed by atoms with Crippen LogP contribution >= 0.6 is 27.5 Å². The zero-order valence-electron chi connectivity index (χ0n) is 10.7. The van der Waals surface area contributed by atoms with Crippen molar-refractivity contribution in [3.63, 3.8) is 0 Å². The van der Waals surface area contributed by atoms with E-state index in [0.717, 1.165) is 35.2 Å². The molecule has 2 nitrogen and oxygen atoms in total. The third kappa shape index (κ3) is 2.60. The van der Waals surface area contributed by atoms with Crippen molar-refractivity contribution in [1.29, 1.82) is 0 Å². The van der Waals surface area contributed by atoms with Crippen LogP contribution in [-0.4, -0.2) is 12.4 Å². The standard InChI is InChI=1S/C16H12BrClO2/c17-12-4-5-13(14(18)9-12)16(19)11-3-6-15-10(8-11)2-1-7-20-15/h3-6,8-9H,1-2,7H2. The van der Waals surface area contributed by atoms with Crippen molar-refractivity contribution in [2.45, 2.75) is 12.8 Å². The van der Waals surface area contributed by atoms with Gasteiger partial charge in [-0.1, -0.05) is 27.5 Å². The number of carbonyl (C=O) groups excluding carboxylic acids is 1. The highest BCUT2D eigenvalue weighted by Gasteiger charge is 2.17. The molecule has 3 rings (SSSR count). The predicted octanol–water partition coefficient (Wildman–Crippen LogP) is 4.66. The first-order valence-corrected chi connectivity index (χ1v) is 7.58. The van der Waals surface area contributed by atoms with E-state index in [1.807, 2.05) is 18.2 Å². The van der Waals surface area contributed by atoms with Gasteiger partial charge in [0.2, 0.25) is 0 Å². The second-order valence-electron chi connectivity index (χ2n) is 4.73. The molecule has 0 aliphatic carbocycles. The van der Waals surface area contributed by atoms with Crippen LogP contribution in [0.25, 0.3) is 0 Å². The summed E-state index contributed by atoms with van der Waals surface area (Å²) in [5, 5.41) is 0.457. The third-order valence-electron chi connectivity index (χ3n) is 3.35. The van der Waals surface area contributed by atoms with Crippen LogP contribution in [-0.2, 0) is 6.42 Å². The summed E-state index contributed by atoms with van der Waals surface area (Å²) in [4.78, 5) is 12.5. The van der Waals surface area contributed by atoms with Gasteiger partial charge < -0.3 is 4.74 Å². The number of ether oxygens (including phenoxy) is 1. The summed E-state index contributed by atoms with van der Waals surface area (Å²) in [5.41, 5.74) is 2.26. The lowest BCUT2D eigenvalue weighted by atomic mass is 9.98. The first kappa shape index (κ1) is 13.7. The molecule has 0 amide bonds. The lowest BCUT2D eigenvalue weighted by Gasteiger charge is -2.17. The van der Waals surface area contributed by atoms with Gasteiger partial charge in [0.15, 0.2) is 5.78 Å². The molecule has 0 bridgehead atoms. The average molecular weight is 352 g/mol. The van der Waals surface area contributed by atoms with Crippen LogP contribution in [0, 0.1) is 0 Å². The summed E-state index contributed by atoms with van der Waals surface area (Å²) >= 11 is 9.48. The maximum Gasteiger partial charge on any atom is 0.194 e. The van der Waals surface area contributed by atoms with Crippen LogP contribution < -0.4 is 4.74 Å². The molecule has 0 radical (unpaired) electrons. The van der Waals surface area contributed by atoms with Gasteiger partial charge in [-0.2, -0.15) is 0 Å². The molecule has 2 aromatic rings. The number of fused-ring (bicyclic) bond motifs is 1. The summed E-state index contributed by atoms with van der Waals surface area (Å²) in [6.07, 6.45) is 1.94.